The molecule has 2 fully saturated rings. The first-order valence-corrected chi connectivity index (χ1v) is 14.7. The number of anilines is 2. The fourth-order valence-electron chi connectivity index (χ4n) is 5.67. The molecule has 236 valence electrons. The van der Waals surface area contributed by atoms with Gasteiger partial charge in [-0.3, -0.25) is 0 Å². The first-order chi connectivity index (χ1) is 20.9. The first-order valence-electron chi connectivity index (χ1n) is 14.7. The van der Waals surface area contributed by atoms with Crippen molar-refractivity contribution >= 4 is 24.0 Å². The van der Waals surface area contributed by atoms with E-state index in [9.17, 15) is 14.0 Å². The molecule has 3 aromatic rings. The van der Waals surface area contributed by atoms with E-state index in [2.05, 4.69) is 25.4 Å². The molecule has 2 N–H and O–H groups in total. The van der Waals surface area contributed by atoms with Gasteiger partial charge < -0.3 is 34.2 Å². The fourth-order valence-corrected chi connectivity index (χ4v) is 5.67. The van der Waals surface area contributed by atoms with Crippen molar-refractivity contribution < 1.29 is 33.1 Å². The summed E-state index contributed by atoms with van der Waals surface area (Å²) in [6.07, 6.45) is 4.15. The molecule has 2 aromatic heterocycles. The number of hydrogen-bond donors (Lipinski definition) is 2. The number of aryl methyl sites for hydroxylation is 1. The number of halogens is 1. The van der Waals surface area contributed by atoms with Gasteiger partial charge in [-0.1, -0.05) is 17.7 Å². The second-order valence-corrected chi connectivity index (χ2v) is 12.4. The molecule has 44 heavy (non-hydrogen) atoms. The molecular weight excluding hydrogens is 573 g/mol. The Bertz CT molecular complexity index is 1470. The van der Waals surface area contributed by atoms with E-state index in [1.54, 1.807) is 39.2 Å². The topological polar surface area (TPSA) is 156 Å². The van der Waals surface area contributed by atoms with Gasteiger partial charge in [0.2, 0.25) is 5.95 Å². The SMILES string of the molecule is Cc1ccc(F)c([C@H]2CN(c3ncc(O[C@@H](C)C4CCN(c5nc(C(=O)O)no5)CC4)cn3)C[C@@H]2NC(=O)OC(C)(C)C)c1. The normalized spacial score (nSPS) is 20.0. The van der Waals surface area contributed by atoms with Crippen molar-refractivity contribution in [3.63, 3.8) is 0 Å². The third kappa shape index (κ3) is 7.34. The van der Waals surface area contributed by atoms with Crippen molar-refractivity contribution in [3.8, 4) is 5.75 Å². The molecule has 2 aliphatic heterocycles. The number of carbonyl (C=O) groups is 2. The Morgan fingerprint density at radius 2 is 1.84 bits per heavy atom. The van der Waals surface area contributed by atoms with Gasteiger partial charge in [0, 0.05) is 32.1 Å². The summed E-state index contributed by atoms with van der Waals surface area (Å²) in [5.74, 6) is -1.03. The highest BCUT2D eigenvalue weighted by atomic mass is 19.1. The van der Waals surface area contributed by atoms with Crippen molar-refractivity contribution in [1.82, 2.24) is 25.4 Å². The number of rotatable bonds is 8. The summed E-state index contributed by atoms with van der Waals surface area (Å²) in [5, 5.41) is 15.4. The lowest BCUT2D eigenvalue weighted by atomic mass is 9.92. The van der Waals surface area contributed by atoms with Crippen molar-refractivity contribution in [3.05, 3.63) is 53.4 Å². The van der Waals surface area contributed by atoms with Crippen LogP contribution < -0.4 is 19.9 Å². The van der Waals surface area contributed by atoms with Gasteiger partial charge in [0.1, 0.15) is 11.4 Å². The summed E-state index contributed by atoms with van der Waals surface area (Å²) in [4.78, 5) is 40.5. The van der Waals surface area contributed by atoms with E-state index < -0.39 is 23.7 Å². The molecular formula is C30H38FN7O6. The van der Waals surface area contributed by atoms with E-state index in [0.29, 0.717) is 43.4 Å². The number of carbonyl (C=O) groups excluding carboxylic acids is 1. The van der Waals surface area contributed by atoms with Crippen LogP contribution in [0.25, 0.3) is 0 Å². The van der Waals surface area contributed by atoms with Gasteiger partial charge in [-0.05, 0) is 70.2 Å². The predicted octanol–water partition coefficient (Wildman–Crippen LogP) is 4.19. The van der Waals surface area contributed by atoms with E-state index in [4.69, 9.17) is 19.1 Å². The summed E-state index contributed by atoms with van der Waals surface area (Å²) in [5.41, 5.74) is 0.782. The Morgan fingerprint density at radius 3 is 2.48 bits per heavy atom. The third-order valence-electron chi connectivity index (χ3n) is 7.87. The van der Waals surface area contributed by atoms with Crippen LogP contribution in [-0.2, 0) is 4.74 Å². The molecule has 0 saturated carbocycles. The molecule has 3 atom stereocenters. The standard InChI is InChI=1S/C30H38FN7O6/c1-17-6-7-23(31)21(12-17)22-15-38(16-24(22)34-29(41)43-30(3,4)5)27-32-13-20(14-33-27)42-18(2)19-8-10-37(11-9-19)28-35-25(26(39)40)36-44-28/h6-7,12-14,18-19,22,24H,8-11,15-16H2,1-5H3,(H,34,41)(H,39,40)/t18-,22+,24-/m0/s1. The lowest BCUT2D eigenvalue weighted by Crippen LogP contribution is -2.43. The molecule has 0 spiro atoms. The molecule has 0 aliphatic carbocycles. The van der Waals surface area contributed by atoms with Crippen LogP contribution in [0.15, 0.2) is 35.1 Å². The number of nitrogens with zero attached hydrogens (tertiary/aromatic N) is 6. The monoisotopic (exact) mass is 611 g/mol. The van der Waals surface area contributed by atoms with Gasteiger partial charge in [-0.2, -0.15) is 4.98 Å². The van der Waals surface area contributed by atoms with E-state index >= 15 is 0 Å². The highest BCUT2D eigenvalue weighted by Crippen LogP contribution is 2.33. The zero-order valence-corrected chi connectivity index (χ0v) is 25.5. The number of aromatic carboxylic acids is 1. The molecule has 1 amide bonds. The number of carboxylic acid groups (broad SMARTS) is 1. The molecule has 0 bridgehead atoms. The highest BCUT2D eigenvalue weighted by molar-refractivity contribution is 5.83. The smallest absolute Gasteiger partial charge is 0.407 e. The van der Waals surface area contributed by atoms with E-state index in [1.165, 1.54) is 6.07 Å². The van der Waals surface area contributed by atoms with Gasteiger partial charge in [0.25, 0.3) is 5.82 Å². The Balaban J connectivity index is 1.21. The Labute approximate surface area is 254 Å². The van der Waals surface area contributed by atoms with Gasteiger partial charge >= 0.3 is 18.1 Å². The van der Waals surface area contributed by atoms with Crippen molar-refractivity contribution in [1.29, 1.82) is 0 Å². The van der Waals surface area contributed by atoms with Gasteiger partial charge in [-0.15, -0.1) is 0 Å². The lowest BCUT2D eigenvalue weighted by Gasteiger charge is -2.33. The summed E-state index contributed by atoms with van der Waals surface area (Å²) in [7, 11) is 0. The summed E-state index contributed by atoms with van der Waals surface area (Å²) in [6, 6.07) is 4.77. The van der Waals surface area contributed by atoms with E-state index in [0.717, 1.165) is 18.4 Å². The Kier molecular flexibility index (Phi) is 8.88. The van der Waals surface area contributed by atoms with E-state index in [-0.39, 0.29) is 35.6 Å². The summed E-state index contributed by atoms with van der Waals surface area (Å²) >= 11 is 0. The van der Waals surface area contributed by atoms with Crippen LogP contribution in [0.2, 0.25) is 0 Å². The maximum absolute atomic E-state index is 15.0. The molecule has 0 radical (unpaired) electrons. The summed E-state index contributed by atoms with van der Waals surface area (Å²) < 4.78 is 31.7. The number of benzene rings is 1. The lowest BCUT2D eigenvalue weighted by molar-refractivity contribution is 0.0504. The van der Waals surface area contributed by atoms with Crippen molar-refractivity contribution in [2.45, 2.75) is 71.1 Å². The van der Waals surface area contributed by atoms with Crippen LogP contribution in [0.5, 0.6) is 5.75 Å². The van der Waals surface area contributed by atoms with Crippen LogP contribution in [0.1, 0.15) is 68.2 Å². The first kappa shape index (κ1) is 31.0. The second-order valence-electron chi connectivity index (χ2n) is 12.4. The van der Waals surface area contributed by atoms with Gasteiger partial charge in [-0.25, -0.2) is 23.9 Å². The minimum absolute atomic E-state index is 0.119. The zero-order valence-electron chi connectivity index (χ0n) is 25.5. The minimum atomic E-state index is -1.23. The van der Waals surface area contributed by atoms with Crippen molar-refractivity contribution in [2.24, 2.45) is 5.92 Å². The zero-order chi connectivity index (χ0) is 31.6. The molecule has 1 aromatic carbocycles. The molecule has 4 heterocycles. The molecule has 14 heteroatoms. The fraction of sp³-hybridized carbons (Fsp3) is 0.533. The highest BCUT2D eigenvalue weighted by Gasteiger charge is 2.38. The number of ether oxygens (including phenoxy) is 2. The number of amides is 1. The molecule has 0 unspecified atom stereocenters. The van der Waals surface area contributed by atoms with E-state index in [1.807, 2.05) is 29.7 Å². The minimum Gasteiger partial charge on any atom is -0.487 e. The number of nitrogens with one attached hydrogen (secondary N) is 1. The predicted molar refractivity (Wildman–Crippen MR) is 158 cm³/mol. The van der Waals surface area contributed by atoms with Crippen LogP contribution in [-0.4, -0.2) is 81.2 Å². The van der Waals surface area contributed by atoms with Crippen LogP contribution >= 0.6 is 0 Å². The largest absolute Gasteiger partial charge is 0.487 e. The van der Waals surface area contributed by atoms with Crippen LogP contribution in [0.3, 0.4) is 0 Å². The molecule has 13 nitrogen and oxygen atoms in total. The van der Waals surface area contributed by atoms with Gasteiger partial charge in [0.15, 0.2) is 5.75 Å². The van der Waals surface area contributed by atoms with Crippen LogP contribution in [0.4, 0.5) is 21.1 Å². The summed E-state index contributed by atoms with van der Waals surface area (Å²) in [6.45, 7) is 11.3. The average molecular weight is 612 g/mol. The van der Waals surface area contributed by atoms with Gasteiger partial charge in [0.05, 0.1) is 24.5 Å². The average Bonchev–Trinajstić information content (AvgIpc) is 3.62. The second kappa shape index (κ2) is 12.6. The molecule has 5 rings (SSSR count). The maximum Gasteiger partial charge on any atom is 0.407 e. The van der Waals surface area contributed by atoms with Crippen LogP contribution in [0, 0.1) is 18.7 Å². The number of piperidine rings is 1. The molecule has 2 aliphatic rings. The molecule has 2 saturated heterocycles. The maximum atomic E-state index is 15.0. The number of hydrogen-bond acceptors (Lipinski definition) is 11. The van der Waals surface area contributed by atoms with Crippen molar-refractivity contribution in [2.75, 3.05) is 36.0 Å². The number of alkyl carbamates (subject to hydrolysis) is 1. The number of carboxylic acids is 1. The number of aromatic nitrogens is 4. The Morgan fingerprint density at radius 1 is 1.14 bits per heavy atom. The third-order valence-corrected chi connectivity index (χ3v) is 7.87. The Hall–Kier alpha value is -4.49. The quantitative estimate of drug-likeness (QED) is 0.375.